The summed E-state index contributed by atoms with van der Waals surface area (Å²) in [7, 11) is -4.05. The minimum atomic E-state index is -4.53. The van der Waals surface area contributed by atoms with E-state index in [0.717, 1.165) is 24.3 Å². The van der Waals surface area contributed by atoms with E-state index >= 15 is 0 Å². The van der Waals surface area contributed by atoms with Gasteiger partial charge in [-0.1, -0.05) is 0 Å². The number of rotatable bonds is 7. The van der Waals surface area contributed by atoms with Gasteiger partial charge in [-0.05, 0) is 50.2 Å². The molecule has 9 heteroatoms. The van der Waals surface area contributed by atoms with Gasteiger partial charge in [0.15, 0.2) is 11.5 Å². The number of hydrogen-bond acceptors (Lipinski definition) is 4. The SMILES string of the molecule is CCOc1ccc(NS(=O)(=O)c2ccc(C(F)(F)F)cc2)cc1OCC. The third-order valence-corrected chi connectivity index (χ3v) is 4.68. The third kappa shape index (κ3) is 4.81. The Bertz CT molecular complexity index is 849. The van der Waals surface area contributed by atoms with E-state index in [4.69, 9.17) is 9.47 Å². The van der Waals surface area contributed by atoms with Crippen molar-refractivity contribution in [1.82, 2.24) is 0 Å². The van der Waals surface area contributed by atoms with Crippen molar-refractivity contribution in [3.8, 4) is 11.5 Å². The van der Waals surface area contributed by atoms with E-state index < -0.39 is 21.8 Å². The number of alkyl halides is 3. The number of ether oxygens (including phenoxy) is 2. The van der Waals surface area contributed by atoms with E-state index in [9.17, 15) is 21.6 Å². The second kappa shape index (κ2) is 7.86. The molecule has 2 aromatic rings. The van der Waals surface area contributed by atoms with Gasteiger partial charge < -0.3 is 9.47 Å². The van der Waals surface area contributed by atoms with Crippen molar-refractivity contribution < 1.29 is 31.1 Å². The zero-order valence-corrected chi connectivity index (χ0v) is 14.9. The highest BCUT2D eigenvalue weighted by Gasteiger charge is 2.30. The highest BCUT2D eigenvalue weighted by molar-refractivity contribution is 7.92. The molecule has 0 spiro atoms. The van der Waals surface area contributed by atoms with Crippen molar-refractivity contribution in [2.24, 2.45) is 0 Å². The van der Waals surface area contributed by atoms with Crippen molar-refractivity contribution in [1.29, 1.82) is 0 Å². The van der Waals surface area contributed by atoms with E-state index in [2.05, 4.69) is 4.72 Å². The van der Waals surface area contributed by atoms with Gasteiger partial charge in [0.05, 0.1) is 29.4 Å². The predicted octanol–water partition coefficient (Wildman–Crippen LogP) is 4.30. The smallest absolute Gasteiger partial charge is 0.416 e. The van der Waals surface area contributed by atoms with Crippen LogP contribution in [0.3, 0.4) is 0 Å². The van der Waals surface area contributed by atoms with Gasteiger partial charge in [0, 0.05) is 6.07 Å². The maximum atomic E-state index is 12.6. The summed E-state index contributed by atoms with van der Waals surface area (Å²) >= 11 is 0. The topological polar surface area (TPSA) is 64.6 Å². The van der Waals surface area contributed by atoms with Crippen LogP contribution in [0.25, 0.3) is 0 Å². The fraction of sp³-hybridized carbons (Fsp3) is 0.294. The van der Waals surface area contributed by atoms with Gasteiger partial charge in [-0.2, -0.15) is 13.2 Å². The van der Waals surface area contributed by atoms with Gasteiger partial charge in [0.25, 0.3) is 10.0 Å². The summed E-state index contributed by atoms with van der Waals surface area (Å²) in [6, 6.07) is 7.74. The first-order valence-electron chi connectivity index (χ1n) is 7.77. The van der Waals surface area contributed by atoms with Gasteiger partial charge >= 0.3 is 6.18 Å². The van der Waals surface area contributed by atoms with E-state index in [-0.39, 0.29) is 10.6 Å². The van der Waals surface area contributed by atoms with Crippen LogP contribution >= 0.6 is 0 Å². The number of anilines is 1. The lowest BCUT2D eigenvalue weighted by atomic mass is 10.2. The van der Waals surface area contributed by atoms with Crippen LogP contribution in [-0.2, 0) is 16.2 Å². The predicted molar refractivity (Wildman–Crippen MR) is 91.0 cm³/mol. The molecule has 26 heavy (non-hydrogen) atoms. The first-order valence-corrected chi connectivity index (χ1v) is 9.25. The summed E-state index contributed by atoms with van der Waals surface area (Å²) in [6.45, 7) is 4.34. The molecule has 0 saturated carbocycles. The van der Waals surface area contributed by atoms with Gasteiger partial charge in [-0.15, -0.1) is 0 Å². The van der Waals surface area contributed by atoms with Crippen molar-refractivity contribution in [3.63, 3.8) is 0 Å². The van der Waals surface area contributed by atoms with Crippen molar-refractivity contribution >= 4 is 15.7 Å². The van der Waals surface area contributed by atoms with Gasteiger partial charge in [0.1, 0.15) is 0 Å². The quantitative estimate of drug-likeness (QED) is 0.767. The summed E-state index contributed by atoms with van der Waals surface area (Å²) in [5, 5.41) is 0. The monoisotopic (exact) mass is 389 g/mol. The van der Waals surface area contributed by atoms with Crippen molar-refractivity contribution in [2.45, 2.75) is 24.9 Å². The minimum Gasteiger partial charge on any atom is -0.490 e. The normalized spacial score (nSPS) is 11.9. The Morgan fingerprint density at radius 2 is 1.50 bits per heavy atom. The Balaban J connectivity index is 2.27. The minimum absolute atomic E-state index is 0.205. The summed E-state index contributed by atoms with van der Waals surface area (Å²) in [5.74, 6) is 0.828. The largest absolute Gasteiger partial charge is 0.490 e. The molecule has 0 atom stereocenters. The molecule has 0 fully saturated rings. The molecule has 0 amide bonds. The highest BCUT2D eigenvalue weighted by Crippen LogP contribution is 2.32. The summed E-state index contributed by atoms with van der Waals surface area (Å²) in [6.07, 6.45) is -4.53. The van der Waals surface area contributed by atoms with Gasteiger partial charge in [-0.3, -0.25) is 4.72 Å². The molecule has 2 aromatic carbocycles. The number of hydrogen-bond donors (Lipinski definition) is 1. The van der Waals surface area contributed by atoms with Crippen LogP contribution in [0, 0.1) is 0 Å². The Kier molecular flexibility index (Phi) is 6.01. The molecule has 0 heterocycles. The Hall–Kier alpha value is -2.42. The van der Waals surface area contributed by atoms with E-state index in [1.807, 2.05) is 0 Å². The Morgan fingerprint density at radius 1 is 0.923 bits per heavy atom. The second-order valence-electron chi connectivity index (χ2n) is 5.16. The van der Waals surface area contributed by atoms with Crippen LogP contribution in [0.2, 0.25) is 0 Å². The maximum Gasteiger partial charge on any atom is 0.416 e. The van der Waals surface area contributed by atoms with Crippen LogP contribution in [0.4, 0.5) is 18.9 Å². The average molecular weight is 389 g/mol. The van der Waals surface area contributed by atoms with Crippen LogP contribution in [0.1, 0.15) is 19.4 Å². The lowest BCUT2D eigenvalue weighted by Gasteiger charge is -2.14. The fourth-order valence-corrected chi connectivity index (χ4v) is 3.20. The van der Waals surface area contributed by atoms with Crippen molar-refractivity contribution in [3.05, 3.63) is 48.0 Å². The standard InChI is InChI=1S/C17H18F3NO4S/c1-3-24-15-10-7-13(11-16(15)25-4-2)21-26(22,23)14-8-5-12(6-9-14)17(18,19)20/h5-11,21H,3-4H2,1-2H3. The summed E-state index contributed by atoms with van der Waals surface area (Å²) in [4.78, 5) is -0.280. The highest BCUT2D eigenvalue weighted by atomic mass is 32.2. The van der Waals surface area contributed by atoms with Crippen LogP contribution in [0.15, 0.2) is 47.4 Å². The molecule has 0 unspecified atom stereocenters. The van der Waals surface area contributed by atoms with E-state index in [0.29, 0.717) is 24.7 Å². The molecule has 0 aliphatic rings. The third-order valence-electron chi connectivity index (χ3n) is 3.29. The van der Waals surface area contributed by atoms with Crippen molar-refractivity contribution in [2.75, 3.05) is 17.9 Å². The van der Waals surface area contributed by atoms with Crippen LogP contribution < -0.4 is 14.2 Å². The molecule has 5 nitrogen and oxygen atoms in total. The van der Waals surface area contributed by atoms with E-state index in [1.54, 1.807) is 19.9 Å². The molecular formula is C17H18F3NO4S. The number of halogens is 3. The molecule has 0 aromatic heterocycles. The number of nitrogens with one attached hydrogen (secondary N) is 1. The molecule has 0 aliphatic heterocycles. The zero-order chi connectivity index (χ0) is 19.4. The average Bonchev–Trinajstić information content (AvgIpc) is 2.57. The zero-order valence-electron chi connectivity index (χ0n) is 14.1. The van der Waals surface area contributed by atoms with Gasteiger partial charge in [0.2, 0.25) is 0 Å². The first-order chi connectivity index (χ1) is 12.2. The summed E-state index contributed by atoms with van der Waals surface area (Å²) < 4.78 is 75.7. The fourth-order valence-electron chi connectivity index (χ4n) is 2.15. The Morgan fingerprint density at radius 3 is 2.04 bits per heavy atom. The Labute approximate surface area is 149 Å². The molecule has 1 N–H and O–H groups in total. The lowest BCUT2D eigenvalue weighted by molar-refractivity contribution is -0.137. The lowest BCUT2D eigenvalue weighted by Crippen LogP contribution is -2.14. The van der Waals surface area contributed by atoms with Crippen LogP contribution in [-0.4, -0.2) is 21.6 Å². The number of benzene rings is 2. The molecule has 0 saturated heterocycles. The molecule has 0 aliphatic carbocycles. The second-order valence-corrected chi connectivity index (χ2v) is 6.84. The van der Waals surface area contributed by atoms with Crippen LogP contribution in [0.5, 0.6) is 11.5 Å². The number of sulfonamides is 1. The van der Waals surface area contributed by atoms with E-state index in [1.165, 1.54) is 12.1 Å². The first kappa shape index (κ1) is 19.9. The molecule has 2 rings (SSSR count). The molecular weight excluding hydrogens is 371 g/mol. The van der Waals surface area contributed by atoms with Gasteiger partial charge in [-0.25, -0.2) is 8.42 Å². The molecule has 0 bridgehead atoms. The maximum absolute atomic E-state index is 12.6. The molecule has 0 radical (unpaired) electrons. The summed E-state index contributed by atoms with van der Waals surface area (Å²) in [5.41, 5.74) is -0.715. The molecule has 142 valence electrons.